The lowest BCUT2D eigenvalue weighted by molar-refractivity contribution is -0.117. The highest BCUT2D eigenvalue weighted by atomic mass is 16.5. The zero-order chi connectivity index (χ0) is 19.2. The molecule has 140 valence electrons. The Labute approximate surface area is 158 Å². The molecular weight excluding hydrogens is 342 g/mol. The van der Waals surface area contributed by atoms with Crippen molar-refractivity contribution >= 4 is 11.6 Å². The summed E-state index contributed by atoms with van der Waals surface area (Å²) in [6.45, 7) is 4.26. The minimum absolute atomic E-state index is 0.195. The van der Waals surface area contributed by atoms with Gasteiger partial charge in [0, 0.05) is 5.69 Å². The summed E-state index contributed by atoms with van der Waals surface area (Å²) in [5.74, 6) is 0.717. The average molecular weight is 365 g/mol. The number of amides is 1. The van der Waals surface area contributed by atoms with Crippen LogP contribution in [0.1, 0.15) is 42.6 Å². The molecule has 27 heavy (non-hydrogen) atoms. The molecule has 0 unspecified atom stereocenters. The van der Waals surface area contributed by atoms with E-state index in [0.717, 1.165) is 17.0 Å². The second-order valence-corrected chi connectivity index (χ2v) is 6.60. The molecule has 0 radical (unpaired) electrons. The summed E-state index contributed by atoms with van der Waals surface area (Å²) in [5.41, 5.74) is 2.86. The fraction of sp³-hybridized carbons (Fsp3) is 0.300. The van der Waals surface area contributed by atoms with E-state index < -0.39 is 5.92 Å². The number of carbonyl (C=O) groups is 1. The molecule has 3 aromatic rings. The van der Waals surface area contributed by atoms with Gasteiger partial charge in [-0.1, -0.05) is 49.4 Å². The molecule has 0 aliphatic rings. The molecule has 0 spiro atoms. The number of tetrazole rings is 1. The van der Waals surface area contributed by atoms with Crippen LogP contribution in [-0.2, 0) is 11.2 Å². The molecule has 0 saturated carbocycles. The molecule has 2 N–H and O–H groups in total. The van der Waals surface area contributed by atoms with E-state index in [1.807, 2.05) is 48.5 Å². The molecule has 2 aromatic carbocycles. The topological polar surface area (TPSA) is 92.8 Å². The van der Waals surface area contributed by atoms with E-state index in [4.69, 9.17) is 4.74 Å². The normalized spacial score (nSPS) is 12.0. The summed E-state index contributed by atoms with van der Waals surface area (Å²) >= 11 is 0. The molecule has 7 nitrogen and oxygen atoms in total. The monoisotopic (exact) mass is 365 g/mol. The number of aromatic amines is 1. The molecule has 1 heterocycles. The predicted molar refractivity (Wildman–Crippen MR) is 103 cm³/mol. The number of rotatable bonds is 7. The fourth-order valence-electron chi connectivity index (χ4n) is 2.89. The third-order valence-electron chi connectivity index (χ3n) is 4.45. The maximum atomic E-state index is 13.0. The van der Waals surface area contributed by atoms with Crippen molar-refractivity contribution in [1.29, 1.82) is 0 Å². The summed E-state index contributed by atoms with van der Waals surface area (Å²) in [5, 5.41) is 17.0. The average Bonchev–Trinajstić information content (AvgIpc) is 3.21. The number of hydrogen-bond acceptors (Lipinski definition) is 5. The maximum Gasteiger partial charge on any atom is 0.235 e. The summed E-state index contributed by atoms with van der Waals surface area (Å²) in [6, 6.07) is 15.4. The van der Waals surface area contributed by atoms with Crippen LogP contribution < -0.4 is 10.1 Å². The Balaban J connectivity index is 1.81. The summed E-state index contributed by atoms with van der Waals surface area (Å²) < 4.78 is 5.40. The van der Waals surface area contributed by atoms with Crippen molar-refractivity contribution in [3.63, 3.8) is 0 Å². The molecule has 0 aliphatic heterocycles. The number of methoxy groups -OCH3 is 1. The molecule has 1 atom stereocenters. The Bertz CT molecular complexity index is 876. The first kappa shape index (κ1) is 18.6. The molecule has 0 fully saturated rings. The van der Waals surface area contributed by atoms with Gasteiger partial charge in [0.25, 0.3) is 0 Å². The van der Waals surface area contributed by atoms with Gasteiger partial charge >= 0.3 is 0 Å². The number of nitrogens with one attached hydrogen (secondary N) is 2. The van der Waals surface area contributed by atoms with Gasteiger partial charge in [0.2, 0.25) is 5.91 Å². The van der Waals surface area contributed by atoms with Gasteiger partial charge in [-0.25, -0.2) is 0 Å². The molecule has 3 rings (SSSR count). The predicted octanol–water partition coefficient (Wildman–Crippen LogP) is 3.30. The number of para-hydroxylation sites is 1. The largest absolute Gasteiger partial charge is 0.496 e. The highest BCUT2D eigenvalue weighted by molar-refractivity contribution is 5.95. The minimum Gasteiger partial charge on any atom is -0.496 e. The highest BCUT2D eigenvalue weighted by Crippen LogP contribution is 2.26. The van der Waals surface area contributed by atoms with Crippen LogP contribution in [0.5, 0.6) is 5.75 Å². The number of hydrogen-bond donors (Lipinski definition) is 2. The molecular formula is C20H23N5O2. The highest BCUT2D eigenvalue weighted by Gasteiger charge is 2.26. The smallest absolute Gasteiger partial charge is 0.235 e. The van der Waals surface area contributed by atoms with Crippen LogP contribution in [0.2, 0.25) is 0 Å². The number of anilines is 1. The zero-order valence-electron chi connectivity index (χ0n) is 15.6. The number of benzene rings is 2. The lowest BCUT2D eigenvalue weighted by Gasteiger charge is -2.16. The van der Waals surface area contributed by atoms with Crippen LogP contribution in [0.4, 0.5) is 5.69 Å². The quantitative estimate of drug-likeness (QED) is 0.670. The molecule has 7 heteroatoms. The van der Waals surface area contributed by atoms with Crippen LogP contribution in [0.3, 0.4) is 0 Å². The Morgan fingerprint density at radius 2 is 1.89 bits per heavy atom. The molecule has 0 aliphatic carbocycles. The first-order valence-corrected chi connectivity index (χ1v) is 8.84. The van der Waals surface area contributed by atoms with Crippen LogP contribution >= 0.6 is 0 Å². The van der Waals surface area contributed by atoms with Crippen molar-refractivity contribution in [1.82, 2.24) is 20.6 Å². The third kappa shape index (κ3) is 4.49. The van der Waals surface area contributed by atoms with Gasteiger partial charge in [-0.2, -0.15) is 5.21 Å². The van der Waals surface area contributed by atoms with E-state index >= 15 is 0 Å². The number of aromatic nitrogens is 4. The molecule has 1 aromatic heterocycles. The fourth-order valence-corrected chi connectivity index (χ4v) is 2.89. The van der Waals surface area contributed by atoms with Gasteiger partial charge in [-0.3, -0.25) is 4.79 Å². The van der Waals surface area contributed by atoms with E-state index in [-0.39, 0.29) is 5.91 Å². The summed E-state index contributed by atoms with van der Waals surface area (Å²) in [4.78, 5) is 13.0. The van der Waals surface area contributed by atoms with E-state index in [2.05, 4.69) is 39.8 Å². The first-order valence-electron chi connectivity index (χ1n) is 8.84. The zero-order valence-corrected chi connectivity index (χ0v) is 15.6. The van der Waals surface area contributed by atoms with E-state index in [1.165, 1.54) is 5.56 Å². The SMILES string of the molecule is COc1ccccc1C[C@H](C(=O)Nc1ccc(C(C)C)cc1)c1nn[nH]n1. The second-order valence-electron chi connectivity index (χ2n) is 6.60. The van der Waals surface area contributed by atoms with Gasteiger partial charge in [0.05, 0.1) is 7.11 Å². The Morgan fingerprint density at radius 1 is 1.15 bits per heavy atom. The van der Waals surface area contributed by atoms with Crippen molar-refractivity contribution < 1.29 is 9.53 Å². The van der Waals surface area contributed by atoms with Crippen molar-refractivity contribution in [2.75, 3.05) is 12.4 Å². The van der Waals surface area contributed by atoms with Gasteiger partial charge in [0.1, 0.15) is 11.7 Å². The second kappa shape index (κ2) is 8.44. The number of carbonyl (C=O) groups excluding carboxylic acids is 1. The lowest BCUT2D eigenvalue weighted by Crippen LogP contribution is -2.24. The Hall–Kier alpha value is -3.22. The van der Waals surface area contributed by atoms with Gasteiger partial charge in [-0.15, -0.1) is 10.2 Å². The molecule has 0 bridgehead atoms. The maximum absolute atomic E-state index is 13.0. The number of ether oxygens (including phenoxy) is 1. The van der Waals surface area contributed by atoms with Crippen LogP contribution in [0, 0.1) is 0 Å². The summed E-state index contributed by atoms with van der Waals surface area (Å²) in [7, 11) is 1.61. The third-order valence-corrected chi connectivity index (χ3v) is 4.45. The molecule has 1 amide bonds. The summed E-state index contributed by atoms with van der Waals surface area (Å²) in [6.07, 6.45) is 0.402. The standard InChI is InChI=1S/C20H23N5O2/c1-13(2)14-8-10-16(11-9-14)21-20(26)17(19-22-24-25-23-19)12-15-6-4-5-7-18(15)27-3/h4-11,13,17H,12H2,1-3H3,(H,21,26)(H,22,23,24,25)/t17-/m0/s1. The van der Waals surface area contributed by atoms with E-state index in [1.54, 1.807) is 7.11 Å². The van der Waals surface area contributed by atoms with E-state index in [0.29, 0.717) is 18.2 Å². The van der Waals surface area contributed by atoms with E-state index in [9.17, 15) is 4.79 Å². The minimum atomic E-state index is -0.593. The van der Waals surface area contributed by atoms with Crippen molar-refractivity contribution in [3.05, 3.63) is 65.5 Å². The first-order chi connectivity index (χ1) is 13.1. The van der Waals surface area contributed by atoms with Crippen molar-refractivity contribution in [3.8, 4) is 5.75 Å². The molecule has 0 saturated heterocycles. The van der Waals surface area contributed by atoms with Crippen LogP contribution in [0.15, 0.2) is 48.5 Å². The Morgan fingerprint density at radius 3 is 2.52 bits per heavy atom. The van der Waals surface area contributed by atoms with Crippen molar-refractivity contribution in [2.24, 2.45) is 0 Å². The van der Waals surface area contributed by atoms with Gasteiger partial charge < -0.3 is 10.1 Å². The number of nitrogens with zero attached hydrogens (tertiary/aromatic N) is 3. The Kier molecular flexibility index (Phi) is 5.80. The van der Waals surface area contributed by atoms with Gasteiger partial charge in [0.15, 0.2) is 5.82 Å². The van der Waals surface area contributed by atoms with Crippen LogP contribution in [-0.4, -0.2) is 33.6 Å². The van der Waals surface area contributed by atoms with Crippen LogP contribution in [0.25, 0.3) is 0 Å². The number of H-pyrrole nitrogens is 1. The lowest BCUT2D eigenvalue weighted by atomic mass is 9.96. The van der Waals surface area contributed by atoms with Crippen molar-refractivity contribution in [2.45, 2.75) is 32.1 Å². The van der Waals surface area contributed by atoms with Gasteiger partial charge in [-0.05, 0) is 41.7 Å².